The molecule has 0 aliphatic carbocycles. The number of nitrogens with zero attached hydrogens (tertiary/aromatic N) is 1. The standard InChI is InChI=1S/C17H14Cl2N2/c1-11(12-5-2-3-7-14(12)18)21-16-9-8-15(19)17-13(16)6-4-10-20-17/h2-11,21H,1H3. The smallest absolute Gasteiger partial charge is 0.0908 e. The first kappa shape index (κ1) is 14.2. The van der Waals surface area contributed by atoms with E-state index in [9.17, 15) is 0 Å². The molecule has 0 amide bonds. The highest BCUT2D eigenvalue weighted by Gasteiger charge is 2.11. The molecule has 3 aromatic rings. The molecule has 0 aliphatic rings. The lowest BCUT2D eigenvalue weighted by Gasteiger charge is -2.18. The Kier molecular flexibility index (Phi) is 4.00. The summed E-state index contributed by atoms with van der Waals surface area (Å²) in [5, 5.41) is 5.90. The zero-order valence-electron chi connectivity index (χ0n) is 11.5. The van der Waals surface area contributed by atoms with Gasteiger partial charge in [0.1, 0.15) is 0 Å². The van der Waals surface area contributed by atoms with Crippen LogP contribution in [-0.2, 0) is 0 Å². The van der Waals surface area contributed by atoms with Gasteiger partial charge in [-0.2, -0.15) is 0 Å². The number of halogens is 2. The summed E-state index contributed by atoms with van der Waals surface area (Å²) in [7, 11) is 0. The summed E-state index contributed by atoms with van der Waals surface area (Å²) < 4.78 is 0. The second-order valence-corrected chi connectivity index (χ2v) is 5.70. The maximum atomic E-state index is 6.26. The summed E-state index contributed by atoms with van der Waals surface area (Å²) in [6, 6.07) is 15.7. The Morgan fingerprint density at radius 2 is 1.76 bits per heavy atom. The molecule has 4 heteroatoms. The lowest BCUT2D eigenvalue weighted by atomic mass is 10.1. The predicted molar refractivity (Wildman–Crippen MR) is 90.2 cm³/mol. The third-order valence-electron chi connectivity index (χ3n) is 3.46. The summed E-state index contributed by atoms with van der Waals surface area (Å²) in [4.78, 5) is 4.34. The molecule has 1 aromatic heterocycles. The zero-order chi connectivity index (χ0) is 14.8. The number of rotatable bonds is 3. The first-order chi connectivity index (χ1) is 10.2. The Hall–Kier alpha value is -1.77. The van der Waals surface area contributed by atoms with Gasteiger partial charge in [-0.15, -0.1) is 0 Å². The first-order valence-corrected chi connectivity index (χ1v) is 7.46. The summed E-state index contributed by atoms with van der Waals surface area (Å²) >= 11 is 12.5. The van der Waals surface area contributed by atoms with Crippen LogP contribution >= 0.6 is 23.2 Å². The van der Waals surface area contributed by atoms with Crippen LogP contribution in [0.15, 0.2) is 54.7 Å². The van der Waals surface area contributed by atoms with Crippen molar-refractivity contribution in [3.63, 3.8) is 0 Å². The van der Waals surface area contributed by atoms with E-state index < -0.39 is 0 Å². The molecule has 1 heterocycles. The van der Waals surface area contributed by atoms with Crippen molar-refractivity contribution < 1.29 is 0 Å². The van der Waals surface area contributed by atoms with Crippen molar-refractivity contribution in [3.05, 3.63) is 70.3 Å². The van der Waals surface area contributed by atoms with Gasteiger partial charge in [0.05, 0.1) is 16.6 Å². The zero-order valence-corrected chi connectivity index (χ0v) is 13.0. The van der Waals surface area contributed by atoms with Crippen molar-refractivity contribution in [2.45, 2.75) is 13.0 Å². The van der Waals surface area contributed by atoms with Gasteiger partial charge >= 0.3 is 0 Å². The molecule has 0 aliphatic heterocycles. The topological polar surface area (TPSA) is 24.9 Å². The van der Waals surface area contributed by atoms with Crippen LogP contribution in [0, 0.1) is 0 Å². The SMILES string of the molecule is CC(Nc1ccc(Cl)c2ncccc12)c1ccccc1Cl. The Balaban J connectivity index is 1.99. The van der Waals surface area contributed by atoms with Crippen LogP contribution in [0.5, 0.6) is 0 Å². The molecule has 106 valence electrons. The van der Waals surface area contributed by atoms with Gasteiger partial charge in [-0.25, -0.2) is 0 Å². The second-order valence-electron chi connectivity index (χ2n) is 4.88. The maximum absolute atomic E-state index is 6.26. The van der Waals surface area contributed by atoms with Gasteiger partial charge in [-0.05, 0) is 42.8 Å². The van der Waals surface area contributed by atoms with E-state index in [0.717, 1.165) is 27.2 Å². The number of nitrogens with one attached hydrogen (secondary N) is 1. The highest BCUT2D eigenvalue weighted by atomic mass is 35.5. The van der Waals surface area contributed by atoms with Crippen molar-refractivity contribution in [2.75, 3.05) is 5.32 Å². The highest BCUT2D eigenvalue weighted by Crippen LogP contribution is 2.32. The van der Waals surface area contributed by atoms with E-state index in [4.69, 9.17) is 23.2 Å². The number of hydrogen-bond donors (Lipinski definition) is 1. The fourth-order valence-electron chi connectivity index (χ4n) is 2.40. The van der Waals surface area contributed by atoms with Crippen LogP contribution in [0.25, 0.3) is 10.9 Å². The number of benzene rings is 2. The quantitative estimate of drug-likeness (QED) is 0.669. The van der Waals surface area contributed by atoms with Crippen molar-refractivity contribution in [1.29, 1.82) is 0 Å². The maximum Gasteiger partial charge on any atom is 0.0908 e. The van der Waals surface area contributed by atoms with Crippen molar-refractivity contribution in [3.8, 4) is 0 Å². The molecule has 0 spiro atoms. The van der Waals surface area contributed by atoms with Crippen LogP contribution in [0.4, 0.5) is 5.69 Å². The minimum atomic E-state index is 0.0864. The fourth-order valence-corrected chi connectivity index (χ4v) is 2.91. The van der Waals surface area contributed by atoms with E-state index in [2.05, 4.69) is 17.2 Å². The van der Waals surface area contributed by atoms with E-state index in [1.54, 1.807) is 6.20 Å². The molecule has 1 atom stereocenters. The van der Waals surface area contributed by atoms with E-state index >= 15 is 0 Å². The van der Waals surface area contributed by atoms with Gasteiger partial charge in [-0.3, -0.25) is 4.98 Å². The van der Waals surface area contributed by atoms with E-state index in [1.807, 2.05) is 48.5 Å². The van der Waals surface area contributed by atoms with Gasteiger partial charge in [0, 0.05) is 22.3 Å². The molecule has 2 nitrogen and oxygen atoms in total. The lowest BCUT2D eigenvalue weighted by Crippen LogP contribution is -2.07. The minimum Gasteiger partial charge on any atom is -0.378 e. The van der Waals surface area contributed by atoms with Crippen molar-refractivity contribution in [2.24, 2.45) is 0 Å². The third kappa shape index (κ3) is 2.82. The molecular formula is C17H14Cl2N2. The van der Waals surface area contributed by atoms with Gasteiger partial charge in [0.2, 0.25) is 0 Å². The second kappa shape index (κ2) is 5.92. The Bertz CT molecular complexity index is 787. The number of pyridine rings is 1. The van der Waals surface area contributed by atoms with Crippen molar-refractivity contribution in [1.82, 2.24) is 4.98 Å². The molecular weight excluding hydrogens is 303 g/mol. The Morgan fingerprint density at radius 3 is 2.57 bits per heavy atom. The largest absolute Gasteiger partial charge is 0.378 e. The molecule has 0 bridgehead atoms. The van der Waals surface area contributed by atoms with Crippen molar-refractivity contribution >= 4 is 39.8 Å². The first-order valence-electron chi connectivity index (χ1n) is 6.71. The van der Waals surface area contributed by atoms with E-state index in [0.29, 0.717) is 5.02 Å². The molecule has 21 heavy (non-hydrogen) atoms. The molecule has 0 saturated carbocycles. The average Bonchev–Trinajstić information content (AvgIpc) is 2.51. The molecule has 1 unspecified atom stereocenters. The number of aromatic nitrogens is 1. The Morgan fingerprint density at radius 1 is 0.952 bits per heavy atom. The van der Waals surface area contributed by atoms with Crippen LogP contribution in [0.1, 0.15) is 18.5 Å². The molecule has 0 fully saturated rings. The molecule has 1 N–H and O–H groups in total. The third-order valence-corrected chi connectivity index (χ3v) is 4.11. The normalized spacial score (nSPS) is 12.3. The highest BCUT2D eigenvalue weighted by molar-refractivity contribution is 6.35. The summed E-state index contributed by atoms with van der Waals surface area (Å²) in [6.07, 6.45) is 1.75. The Labute approximate surface area is 133 Å². The predicted octanol–water partition coefficient (Wildman–Crippen LogP) is 5.71. The lowest BCUT2D eigenvalue weighted by molar-refractivity contribution is 0.887. The average molecular weight is 317 g/mol. The fraction of sp³-hybridized carbons (Fsp3) is 0.118. The molecule has 0 radical (unpaired) electrons. The van der Waals surface area contributed by atoms with Crippen LogP contribution in [0.3, 0.4) is 0 Å². The molecule has 3 rings (SSSR count). The van der Waals surface area contributed by atoms with Gasteiger partial charge < -0.3 is 5.32 Å². The number of hydrogen-bond acceptors (Lipinski definition) is 2. The molecule has 0 saturated heterocycles. The van der Waals surface area contributed by atoms with Gasteiger partial charge in [-0.1, -0.05) is 41.4 Å². The summed E-state index contributed by atoms with van der Waals surface area (Å²) in [6.45, 7) is 2.08. The van der Waals surface area contributed by atoms with Gasteiger partial charge in [0.15, 0.2) is 0 Å². The van der Waals surface area contributed by atoms with Crippen LogP contribution in [-0.4, -0.2) is 4.98 Å². The van der Waals surface area contributed by atoms with E-state index in [1.165, 1.54) is 0 Å². The van der Waals surface area contributed by atoms with Crippen LogP contribution in [0.2, 0.25) is 10.0 Å². The van der Waals surface area contributed by atoms with Gasteiger partial charge in [0.25, 0.3) is 0 Å². The summed E-state index contributed by atoms with van der Waals surface area (Å²) in [5.41, 5.74) is 2.86. The number of fused-ring (bicyclic) bond motifs is 1. The monoisotopic (exact) mass is 316 g/mol. The minimum absolute atomic E-state index is 0.0864. The van der Waals surface area contributed by atoms with Crippen LogP contribution < -0.4 is 5.32 Å². The van der Waals surface area contributed by atoms with E-state index in [-0.39, 0.29) is 6.04 Å². The molecule has 2 aromatic carbocycles. The number of anilines is 1. The summed E-state index contributed by atoms with van der Waals surface area (Å²) in [5.74, 6) is 0.